The van der Waals surface area contributed by atoms with Gasteiger partial charge in [0.25, 0.3) is 0 Å². The number of methoxy groups -OCH3 is 1. The first-order chi connectivity index (χ1) is 26.9. The minimum Gasteiger partial charge on any atom is -0.495 e. The van der Waals surface area contributed by atoms with Gasteiger partial charge in [0, 0.05) is 122 Å². The van der Waals surface area contributed by atoms with Crippen molar-refractivity contribution in [2.75, 3.05) is 72.1 Å². The lowest BCUT2D eigenvalue weighted by Crippen LogP contribution is -2.52. The first kappa shape index (κ1) is 40.0. The zero-order chi connectivity index (χ0) is 39.6. The van der Waals surface area contributed by atoms with Crippen molar-refractivity contribution in [3.05, 3.63) is 87.5 Å². The van der Waals surface area contributed by atoms with Crippen LogP contribution in [-0.4, -0.2) is 119 Å². The number of aromatic nitrogens is 4. The molecular weight excluding hydrogens is 789 g/mol. The molecule has 2 N–H and O–H groups in total. The van der Waals surface area contributed by atoms with E-state index in [0.717, 1.165) is 114 Å². The van der Waals surface area contributed by atoms with Gasteiger partial charge in [-0.15, -0.1) is 0 Å². The van der Waals surface area contributed by atoms with E-state index in [1.54, 1.807) is 20.4 Å². The van der Waals surface area contributed by atoms with Crippen LogP contribution in [0.5, 0.6) is 0 Å². The van der Waals surface area contributed by atoms with Gasteiger partial charge < -0.3 is 29.7 Å². The monoisotopic (exact) mass is 843 g/mol. The Labute approximate surface area is 339 Å². The number of allylic oxidation sites excluding steroid dienone is 4. The van der Waals surface area contributed by atoms with Gasteiger partial charge in [0.2, 0.25) is 5.96 Å². The molecule has 7 rings (SSSR count). The number of halogens is 1. The molecule has 298 valence electrons. The van der Waals surface area contributed by atoms with E-state index in [-0.39, 0.29) is 0 Å². The largest absolute Gasteiger partial charge is 0.495 e. The van der Waals surface area contributed by atoms with Crippen LogP contribution in [0.1, 0.15) is 43.9 Å². The Morgan fingerprint density at radius 1 is 1.00 bits per heavy atom. The van der Waals surface area contributed by atoms with Gasteiger partial charge >= 0.3 is 0 Å². The van der Waals surface area contributed by atoms with Crippen molar-refractivity contribution < 1.29 is 9.30 Å². The van der Waals surface area contributed by atoms with Crippen LogP contribution in [0.25, 0.3) is 16.8 Å². The summed E-state index contributed by atoms with van der Waals surface area (Å²) in [6, 6.07) is 8.59. The lowest BCUT2D eigenvalue weighted by molar-refractivity contribution is 0.0755. The van der Waals surface area contributed by atoms with Gasteiger partial charge in [-0.3, -0.25) is 14.3 Å². The highest BCUT2D eigenvalue weighted by molar-refractivity contribution is 9.11. The molecule has 2 aromatic heterocycles. The van der Waals surface area contributed by atoms with Gasteiger partial charge in [0.05, 0.1) is 30.4 Å². The van der Waals surface area contributed by atoms with E-state index in [1.165, 1.54) is 5.70 Å². The predicted molar refractivity (Wildman–Crippen MR) is 232 cm³/mol. The Morgan fingerprint density at radius 3 is 2.43 bits per heavy atom. The van der Waals surface area contributed by atoms with Crippen LogP contribution in [0.2, 0.25) is 0 Å². The highest BCUT2D eigenvalue weighted by Crippen LogP contribution is 2.40. The Morgan fingerprint density at radius 2 is 1.77 bits per heavy atom. The quantitative estimate of drug-likeness (QED) is 0.230. The third-order valence-corrected chi connectivity index (χ3v) is 13.4. The second kappa shape index (κ2) is 17.1. The molecule has 5 heterocycles. The van der Waals surface area contributed by atoms with E-state index in [4.69, 9.17) is 14.7 Å². The molecule has 0 bridgehead atoms. The molecule has 2 saturated heterocycles. The second-order valence-electron chi connectivity index (χ2n) is 15.4. The summed E-state index contributed by atoms with van der Waals surface area (Å²) in [5.41, 5.74) is 7.70. The fraction of sp³-hybridized carbons (Fsp3) is 0.463. The summed E-state index contributed by atoms with van der Waals surface area (Å²) in [4.78, 5) is 17.4. The van der Waals surface area contributed by atoms with Gasteiger partial charge in [-0.2, -0.15) is 15.2 Å². The number of ether oxygens (including phenoxy) is 1. The van der Waals surface area contributed by atoms with Crippen molar-refractivity contribution in [1.82, 2.24) is 39.6 Å². The molecule has 1 aromatic carbocycles. The van der Waals surface area contributed by atoms with Crippen molar-refractivity contribution in [3.8, 4) is 11.3 Å². The first-order valence-corrected chi connectivity index (χ1v) is 22.9. The number of likely N-dealkylation sites (tertiary alicyclic amines) is 1. The number of nitrogens with zero attached hydrogens (tertiary/aromatic N) is 9. The van der Waals surface area contributed by atoms with Crippen LogP contribution in [0, 0.1) is 6.92 Å². The fourth-order valence-corrected chi connectivity index (χ4v) is 9.26. The van der Waals surface area contributed by atoms with Crippen LogP contribution in [-0.2, 0) is 22.9 Å². The second-order valence-corrected chi connectivity index (χ2v) is 19.5. The smallest absolute Gasteiger partial charge is 0.228 e. The number of likely N-dealkylation sites (N-methyl/N-ethyl adjacent to an activating group) is 1. The topological polar surface area (TPSA) is 120 Å². The number of rotatable bonds is 10. The van der Waals surface area contributed by atoms with Crippen LogP contribution in [0.15, 0.2) is 86.3 Å². The van der Waals surface area contributed by atoms with Gasteiger partial charge in [-0.05, 0) is 77.4 Å². The predicted octanol–water partition coefficient (Wildman–Crippen LogP) is 6.20. The molecule has 0 amide bonds. The average Bonchev–Trinajstić information content (AvgIpc) is 3.70. The molecule has 3 aliphatic heterocycles. The molecule has 15 heteroatoms. The molecule has 0 radical (unpaired) electrons. The van der Waals surface area contributed by atoms with Crippen LogP contribution in [0.4, 0.5) is 5.69 Å². The minimum atomic E-state index is -2.72. The van der Waals surface area contributed by atoms with Gasteiger partial charge in [0.15, 0.2) is 0 Å². The number of piperazine rings is 1. The first-order valence-electron chi connectivity index (χ1n) is 19.5. The number of guanidine groups is 1. The highest BCUT2D eigenvalue weighted by Gasteiger charge is 2.30. The van der Waals surface area contributed by atoms with E-state index in [1.807, 2.05) is 60.0 Å². The maximum atomic E-state index is 13.7. The molecule has 0 unspecified atom stereocenters. The Balaban J connectivity index is 1.19. The highest BCUT2D eigenvalue weighted by atomic mass is 79.9. The van der Waals surface area contributed by atoms with E-state index in [0.29, 0.717) is 30.0 Å². The minimum absolute atomic E-state index is 0.398. The maximum Gasteiger partial charge on any atom is 0.228 e. The molecule has 3 aromatic rings. The Bertz CT molecular complexity index is 2150. The molecule has 0 atom stereocenters. The van der Waals surface area contributed by atoms with Crippen LogP contribution >= 0.6 is 23.1 Å². The number of hydrogen-bond donors (Lipinski definition) is 2. The third-order valence-electron chi connectivity index (χ3n) is 11.2. The molecule has 4 aliphatic rings. The van der Waals surface area contributed by atoms with E-state index in [2.05, 4.69) is 83.8 Å². The van der Waals surface area contributed by atoms with Gasteiger partial charge in [-0.1, -0.05) is 22.0 Å². The number of hydrogen-bond acceptors (Lipinski definition) is 11. The lowest BCUT2D eigenvalue weighted by atomic mass is 9.98. The summed E-state index contributed by atoms with van der Waals surface area (Å²) in [5, 5.41) is 17.1. The fourth-order valence-electron chi connectivity index (χ4n) is 7.76. The normalized spacial score (nSPS) is 19.4. The summed E-state index contributed by atoms with van der Waals surface area (Å²) < 4.78 is 24.4. The number of piperidine rings is 1. The van der Waals surface area contributed by atoms with Crippen molar-refractivity contribution in [3.63, 3.8) is 0 Å². The summed E-state index contributed by atoms with van der Waals surface area (Å²) in [7, 11) is 3.13. The summed E-state index contributed by atoms with van der Waals surface area (Å²) in [6.07, 6.45) is 13.8. The molecule has 13 nitrogen and oxygen atoms in total. The standard InChI is InChI=1S/C41H55BrN11O2P/c1-8-53-27-30(26-44-53)32-25-36(38(55-5)12-11-37(32)52-17-14-31(15-18-52)51-21-19-49(3)20-22-51)46-41-43-16-13-33(42)40(47-41)45-34-10-9-29(24-39(34)56(6,7)54)35-23-28(2)50(4)48-35/h9-10,12,16,23-27,31,45H,8,11,13-15,17-22H2,1-7H3,(H,46,47). The van der Waals surface area contributed by atoms with Gasteiger partial charge in [-0.25, -0.2) is 4.99 Å². The van der Waals surface area contributed by atoms with Gasteiger partial charge in [0.1, 0.15) is 18.7 Å². The lowest BCUT2D eigenvalue weighted by Gasteiger charge is -2.43. The number of nitrogens with one attached hydrogen (secondary N) is 2. The number of aliphatic imine (C=N–C) groups is 2. The van der Waals surface area contributed by atoms with E-state index < -0.39 is 7.14 Å². The summed E-state index contributed by atoms with van der Waals surface area (Å²) >= 11 is 3.75. The van der Waals surface area contributed by atoms with Crippen LogP contribution < -0.4 is 15.9 Å². The molecule has 0 saturated carbocycles. The number of benzene rings is 1. The van der Waals surface area contributed by atoms with Crippen molar-refractivity contribution in [1.29, 1.82) is 0 Å². The molecule has 1 aliphatic carbocycles. The van der Waals surface area contributed by atoms with Crippen LogP contribution in [0.3, 0.4) is 0 Å². The van der Waals surface area contributed by atoms with Crippen molar-refractivity contribution in [2.24, 2.45) is 17.0 Å². The number of aryl methyl sites for hydroxylation is 3. The van der Waals surface area contributed by atoms with E-state index in [9.17, 15) is 4.57 Å². The summed E-state index contributed by atoms with van der Waals surface area (Å²) in [6.45, 7) is 15.1. The summed E-state index contributed by atoms with van der Waals surface area (Å²) in [5.74, 6) is 1.68. The number of anilines is 1. The molecule has 2 fully saturated rings. The van der Waals surface area contributed by atoms with Crippen molar-refractivity contribution >= 4 is 51.8 Å². The maximum absolute atomic E-state index is 13.7. The molecular formula is C41H55BrN11O2P. The zero-order valence-corrected chi connectivity index (χ0v) is 36.2. The zero-order valence-electron chi connectivity index (χ0n) is 33.7. The Kier molecular flexibility index (Phi) is 12.2. The molecule has 56 heavy (non-hydrogen) atoms. The van der Waals surface area contributed by atoms with E-state index >= 15 is 0 Å². The molecule has 0 spiro atoms. The SMILES string of the molecule is CCn1cc(C2=C(N3CCC(N4CCN(C)CC4)CC3)CC=C(OC)C(NC3=NC(Nc4ccc(-c5cc(C)n(C)n5)cc4P(C)(C)=O)=C(Br)CC=N3)=C2)cn1. The third kappa shape index (κ3) is 8.99. The van der Waals surface area contributed by atoms with Crippen molar-refractivity contribution in [2.45, 2.75) is 52.1 Å². The Hall–Kier alpha value is -4.23. The average molecular weight is 845 g/mol.